The van der Waals surface area contributed by atoms with Crippen molar-refractivity contribution in [2.75, 3.05) is 39.2 Å². The van der Waals surface area contributed by atoms with E-state index in [4.69, 9.17) is 14.2 Å². The third kappa shape index (κ3) is 4.45. The van der Waals surface area contributed by atoms with Crippen LogP contribution in [-0.2, 0) is 4.79 Å². The van der Waals surface area contributed by atoms with E-state index in [0.29, 0.717) is 36.0 Å². The summed E-state index contributed by atoms with van der Waals surface area (Å²) in [6, 6.07) is 7.23. The molecule has 7 nitrogen and oxygen atoms in total. The van der Waals surface area contributed by atoms with Crippen LogP contribution < -0.4 is 19.5 Å². The number of methoxy groups -OCH3 is 1. The van der Waals surface area contributed by atoms with Crippen LogP contribution in [0.1, 0.15) is 27.0 Å². The van der Waals surface area contributed by atoms with Crippen LogP contribution >= 0.6 is 0 Å². The number of carbonyl (C=O) groups excluding carboxylic acids is 2. The Balaban J connectivity index is 1.73. The van der Waals surface area contributed by atoms with Gasteiger partial charge >= 0.3 is 0 Å². The number of benzene rings is 2. The first-order valence-corrected chi connectivity index (χ1v) is 9.41. The minimum atomic E-state index is -0.312. The molecule has 2 aromatic carbocycles. The molecule has 0 spiro atoms. The summed E-state index contributed by atoms with van der Waals surface area (Å²) < 4.78 is 16.5. The van der Waals surface area contributed by atoms with E-state index in [0.717, 1.165) is 22.4 Å². The van der Waals surface area contributed by atoms with Gasteiger partial charge in [-0.15, -0.1) is 0 Å². The molecule has 0 radical (unpaired) electrons. The minimum absolute atomic E-state index is 0.0810. The molecule has 7 heteroatoms. The molecule has 29 heavy (non-hydrogen) atoms. The number of aryl methyl sites for hydroxylation is 3. The van der Waals surface area contributed by atoms with Gasteiger partial charge in [-0.05, 0) is 44.0 Å². The predicted molar refractivity (Wildman–Crippen MR) is 110 cm³/mol. The molecular weight excluding hydrogens is 372 g/mol. The number of hydrogen-bond donors (Lipinski definition) is 1. The highest BCUT2D eigenvalue weighted by Gasteiger charge is 2.23. The van der Waals surface area contributed by atoms with Gasteiger partial charge in [0.2, 0.25) is 11.7 Å². The number of rotatable bonds is 5. The molecule has 0 bridgehead atoms. The number of hydrogen-bond acceptors (Lipinski definition) is 5. The van der Waals surface area contributed by atoms with Crippen molar-refractivity contribution in [3.8, 4) is 17.2 Å². The highest BCUT2D eigenvalue weighted by atomic mass is 16.6. The van der Waals surface area contributed by atoms with E-state index in [9.17, 15) is 9.59 Å². The van der Waals surface area contributed by atoms with Gasteiger partial charge in [0.25, 0.3) is 5.91 Å². The van der Waals surface area contributed by atoms with Gasteiger partial charge in [0.05, 0.1) is 13.7 Å². The average Bonchev–Trinajstić information content (AvgIpc) is 2.69. The summed E-state index contributed by atoms with van der Waals surface area (Å²) in [6.07, 6.45) is 0. The predicted octanol–water partition coefficient (Wildman–Crippen LogP) is 3.10. The molecular formula is C22H26N2O5. The molecule has 0 saturated carbocycles. The lowest BCUT2D eigenvalue weighted by molar-refractivity contribution is -0.116. The lowest BCUT2D eigenvalue weighted by Gasteiger charge is -2.23. The zero-order valence-corrected chi connectivity index (χ0v) is 17.4. The number of nitrogens with one attached hydrogen (secondary N) is 1. The first kappa shape index (κ1) is 20.5. The van der Waals surface area contributed by atoms with Crippen molar-refractivity contribution in [1.29, 1.82) is 0 Å². The third-order valence-corrected chi connectivity index (χ3v) is 4.74. The molecule has 0 saturated heterocycles. The summed E-state index contributed by atoms with van der Waals surface area (Å²) in [5.74, 6) is 0.797. The highest BCUT2D eigenvalue weighted by Crippen LogP contribution is 2.40. The molecule has 1 aliphatic heterocycles. The molecule has 0 aromatic heterocycles. The molecule has 0 aliphatic carbocycles. The van der Waals surface area contributed by atoms with Crippen LogP contribution in [0, 0.1) is 20.8 Å². The van der Waals surface area contributed by atoms with Gasteiger partial charge in [-0.3, -0.25) is 9.59 Å². The van der Waals surface area contributed by atoms with E-state index >= 15 is 0 Å². The molecule has 1 N–H and O–H groups in total. The Morgan fingerprint density at radius 3 is 2.38 bits per heavy atom. The van der Waals surface area contributed by atoms with Crippen molar-refractivity contribution in [2.24, 2.45) is 0 Å². The van der Waals surface area contributed by atoms with Crippen LogP contribution in [0.4, 0.5) is 5.69 Å². The zero-order chi connectivity index (χ0) is 21.1. The zero-order valence-electron chi connectivity index (χ0n) is 17.4. The summed E-state index contributed by atoms with van der Waals surface area (Å²) in [4.78, 5) is 26.7. The first-order chi connectivity index (χ1) is 13.8. The molecule has 1 heterocycles. The molecule has 2 aromatic rings. The van der Waals surface area contributed by atoms with Crippen LogP contribution in [0.5, 0.6) is 17.2 Å². The Bertz CT molecular complexity index is 914. The summed E-state index contributed by atoms with van der Waals surface area (Å²) >= 11 is 0. The number of amides is 2. The van der Waals surface area contributed by atoms with E-state index in [1.165, 1.54) is 12.0 Å². The van der Waals surface area contributed by atoms with Crippen LogP contribution in [0.25, 0.3) is 0 Å². The fourth-order valence-electron chi connectivity index (χ4n) is 3.46. The first-order valence-electron chi connectivity index (χ1n) is 9.41. The number of likely N-dealkylation sites (N-methyl/N-ethyl adjacent to an activating group) is 1. The van der Waals surface area contributed by atoms with Crippen LogP contribution in [0.15, 0.2) is 24.3 Å². The van der Waals surface area contributed by atoms with Gasteiger partial charge in [0.1, 0.15) is 13.2 Å². The van der Waals surface area contributed by atoms with Crippen molar-refractivity contribution in [3.05, 3.63) is 46.5 Å². The van der Waals surface area contributed by atoms with Gasteiger partial charge < -0.3 is 24.4 Å². The van der Waals surface area contributed by atoms with Crippen molar-refractivity contribution in [1.82, 2.24) is 4.90 Å². The Hall–Kier alpha value is -3.22. The maximum atomic E-state index is 12.9. The number of anilines is 1. The molecule has 0 unspecified atom stereocenters. The second-order valence-electron chi connectivity index (χ2n) is 7.19. The van der Waals surface area contributed by atoms with Gasteiger partial charge in [-0.25, -0.2) is 0 Å². The SMILES string of the molecule is COc1cc(C(=O)N(C)CC(=O)Nc2c(C)cc(C)cc2C)cc2c1OCCO2. The van der Waals surface area contributed by atoms with E-state index in [1.807, 2.05) is 32.9 Å². The van der Waals surface area contributed by atoms with Crippen LogP contribution in [0.2, 0.25) is 0 Å². The van der Waals surface area contributed by atoms with Gasteiger partial charge in [-0.2, -0.15) is 0 Å². The Labute approximate surface area is 170 Å². The van der Waals surface area contributed by atoms with Crippen molar-refractivity contribution < 1.29 is 23.8 Å². The maximum absolute atomic E-state index is 12.9. The fraction of sp³-hybridized carbons (Fsp3) is 0.364. The van der Waals surface area contributed by atoms with E-state index < -0.39 is 0 Å². The summed E-state index contributed by atoms with van der Waals surface area (Å²) in [5.41, 5.74) is 4.26. The van der Waals surface area contributed by atoms with E-state index in [-0.39, 0.29) is 18.4 Å². The monoisotopic (exact) mass is 398 g/mol. The summed E-state index contributed by atoms with van der Waals surface area (Å²) in [5, 5.41) is 2.91. The Morgan fingerprint density at radius 1 is 1.07 bits per heavy atom. The minimum Gasteiger partial charge on any atom is -0.493 e. The van der Waals surface area contributed by atoms with Gasteiger partial charge in [0.15, 0.2) is 11.5 Å². The maximum Gasteiger partial charge on any atom is 0.254 e. The highest BCUT2D eigenvalue weighted by molar-refractivity contribution is 6.00. The molecule has 1 aliphatic rings. The normalized spacial score (nSPS) is 12.3. The lowest BCUT2D eigenvalue weighted by atomic mass is 10.1. The second kappa shape index (κ2) is 8.43. The van der Waals surface area contributed by atoms with Crippen LogP contribution in [0.3, 0.4) is 0 Å². The lowest BCUT2D eigenvalue weighted by Crippen LogP contribution is -2.35. The Kier molecular flexibility index (Phi) is 5.96. The standard InChI is InChI=1S/C22H26N2O5/c1-13-8-14(2)20(15(3)9-13)23-19(25)12-24(4)22(26)16-10-17(27-5)21-18(11-16)28-6-7-29-21/h8-11H,6-7,12H2,1-5H3,(H,23,25). The quantitative estimate of drug-likeness (QED) is 0.838. The number of nitrogens with zero attached hydrogens (tertiary/aromatic N) is 1. The smallest absolute Gasteiger partial charge is 0.254 e. The van der Waals surface area contributed by atoms with Crippen molar-refractivity contribution in [2.45, 2.75) is 20.8 Å². The van der Waals surface area contributed by atoms with Crippen molar-refractivity contribution in [3.63, 3.8) is 0 Å². The fourth-order valence-corrected chi connectivity index (χ4v) is 3.46. The second-order valence-corrected chi connectivity index (χ2v) is 7.19. The topological polar surface area (TPSA) is 77.1 Å². The molecule has 154 valence electrons. The number of carbonyl (C=O) groups is 2. The van der Waals surface area contributed by atoms with E-state index in [1.54, 1.807) is 19.2 Å². The van der Waals surface area contributed by atoms with Crippen molar-refractivity contribution >= 4 is 17.5 Å². The summed E-state index contributed by atoms with van der Waals surface area (Å²) in [7, 11) is 3.09. The number of ether oxygens (including phenoxy) is 3. The molecule has 0 fully saturated rings. The van der Waals surface area contributed by atoms with Gasteiger partial charge in [0, 0.05) is 18.3 Å². The van der Waals surface area contributed by atoms with Gasteiger partial charge in [-0.1, -0.05) is 17.7 Å². The number of fused-ring (bicyclic) bond motifs is 1. The molecule has 3 rings (SSSR count). The van der Waals surface area contributed by atoms with E-state index in [2.05, 4.69) is 5.32 Å². The summed E-state index contributed by atoms with van der Waals surface area (Å²) in [6.45, 7) is 6.66. The largest absolute Gasteiger partial charge is 0.493 e. The Morgan fingerprint density at radius 2 is 1.72 bits per heavy atom. The van der Waals surface area contributed by atoms with Crippen LogP contribution in [-0.4, -0.2) is 50.6 Å². The third-order valence-electron chi connectivity index (χ3n) is 4.74. The molecule has 2 amide bonds. The molecule has 0 atom stereocenters. The average molecular weight is 398 g/mol.